The summed E-state index contributed by atoms with van der Waals surface area (Å²) in [6, 6.07) is 5.92. The minimum absolute atomic E-state index is 0.198. The number of aryl methyl sites for hydroxylation is 1. The van der Waals surface area contributed by atoms with Crippen LogP contribution in [0.25, 0.3) is 11.3 Å². The van der Waals surface area contributed by atoms with Gasteiger partial charge >= 0.3 is 0 Å². The molecule has 4 rings (SSSR count). The Balaban J connectivity index is 1.50. The van der Waals surface area contributed by atoms with Crippen molar-refractivity contribution in [2.75, 3.05) is 13.1 Å². The number of H-pyrrole nitrogens is 1. The van der Waals surface area contributed by atoms with E-state index in [1.165, 1.54) is 0 Å². The van der Waals surface area contributed by atoms with E-state index >= 15 is 0 Å². The van der Waals surface area contributed by atoms with Gasteiger partial charge in [0.2, 0.25) is 5.91 Å². The van der Waals surface area contributed by atoms with Crippen LogP contribution in [0.2, 0.25) is 0 Å². The first-order valence-corrected chi connectivity index (χ1v) is 9.36. The predicted molar refractivity (Wildman–Crippen MR) is 95.4 cm³/mol. The minimum atomic E-state index is 0.198. The number of rotatable bonds is 4. The molecule has 1 atom stereocenters. The molecular formula is C18H20N4O2S. The van der Waals surface area contributed by atoms with Gasteiger partial charge in [0.15, 0.2) is 5.76 Å². The molecule has 6 nitrogen and oxygen atoms in total. The normalized spacial score (nSPS) is 17.8. The lowest BCUT2D eigenvalue weighted by atomic mass is 9.91. The highest BCUT2D eigenvalue weighted by molar-refractivity contribution is 7.10. The maximum absolute atomic E-state index is 12.6. The summed E-state index contributed by atoms with van der Waals surface area (Å²) in [6.45, 7) is 3.44. The van der Waals surface area contributed by atoms with E-state index in [4.69, 9.17) is 4.52 Å². The van der Waals surface area contributed by atoms with Crippen LogP contribution in [0.3, 0.4) is 0 Å². The van der Waals surface area contributed by atoms with Crippen molar-refractivity contribution in [1.29, 1.82) is 0 Å². The van der Waals surface area contributed by atoms with Gasteiger partial charge in [-0.25, -0.2) is 0 Å². The number of amides is 1. The molecule has 0 unspecified atom stereocenters. The molecule has 1 saturated heterocycles. The molecule has 1 amide bonds. The van der Waals surface area contributed by atoms with E-state index in [0.29, 0.717) is 13.0 Å². The summed E-state index contributed by atoms with van der Waals surface area (Å²) < 4.78 is 5.40. The third kappa shape index (κ3) is 3.37. The van der Waals surface area contributed by atoms with Gasteiger partial charge in [0.25, 0.3) is 0 Å². The average molecular weight is 356 g/mol. The maximum atomic E-state index is 12.6. The number of nitrogens with one attached hydrogen (secondary N) is 1. The molecule has 25 heavy (non-hydrogen) atoms. The third-order valence-corrected chi connectivity index (χ3v) is 5.53. The number of carbonyl (C=O) groups is 1. The van der Waals surface area contributed by atoms with Crippen molar-refractivity contribution in [2.45, 2.75) is 32.1 Å². The van der Waals surface area contributed by atoms with Crippen LogP contribution in [0, 0.1) is 6.92 Å². The lowest BCUT2D eigenvalue weighted by Gasteiger charge is -2.32. The average Bonchev–Trinajstić information content (AvgIpc) is 3.36. The van der Waals surface area contributed by atoms with E-state index in [2.05, 4.69) is 15.4 Å². The summed E-state index contributed by atoms with van der Waals surface area (Å²) in [7, 11) is 0. The second-order valence-electron chi connectivity index (χ2n) is 6.46. The van der Waals surface area contributed by atoms with Gasteiger partial charge in [-0.1, -0.05) is 11.2 Å². The first-order valence-electron chi connectivity index (χ1n) is 8.48. The Morgan fingerprint density at radius 1 is 1.52 bits per heavy atom. The molecule has 0 radical (unpaired) electrons. The van der Waals surface area contributed by atoms with E-state index in [-0.39, 0.29) is 11.8 Å². The van der Waals surface area contributed by atoms with Crippen LogP contribution in [-0.2, 0) is 11.2 Å². The number of likely N-dealkylation sites (tertiary alicyclic amines) is 1. The largest absolute Gasteiger partial charge is 0.356 e. The Hall–Kier alpha value is -2.41. The van der Waals surface area contributed by atoms with Gasteiger partial charge in [0.05, 0.1) is 29.6 Å². The van der Waals surface area contributed by atoms with Crippen LogP contribution in [-0.4, -0.2) is 39.3 Å². The molecule has 0 aromatic carbocycles. The number of aromatic nitrogens is 3. The van der Waals surface area contributed by atoms with E-state index in [9.17, 15) is 4.79 Å². The second-order valence-corrected chi connectivity index (χ2v) is 7.50. The number of carbonyl (C=O) groups excluding carboxylic acids is 1. The van der Waals surface area contributed by atoms with Gasteiger partial charge in [-0.3, -0.25) is 9.89 Å². The molecule has 1 aliphatic rings. The van der Waals surface area contributed by atoms with Gasteiger partial charge in [-0.05, 0) is 31.2 Å². The van der Waals surface area contributed by atoms with Crippen molar-refractivity contribution in [3.63, 3.8) is 0 Å². The van der Waals surface area contributed by atoms with Crippen LogP contribution < -0.4 is 0 Å². The molecule has 7 heteroatoms. The lowest BCUT2D eigenvalue weighted by molar-refractivity contribution is -0.131. The Bertz CT molecular complexity index is 852. The molecule has 0 bridgehead atoms. The standard InChI is InChI=1S/C18H20N4O2S/c1-12-8-16(24-21-12)15-10-19-20-18(15)13-4-2-6-22(11-13)17(23)9-14-5-3-7-25-14/h3,5,7-8,10,13H,2,4,6,9,11H2,1H3,(H,19,20)/t13-/m0/s1. The summed E-state index contributed by atoms with van der Waals surface area (Å²) in [5.41, 5.74) is 2.82. The molecule has 0 spiro atoms. The van der Waals surface area contributed by atoms with Crippen molar-refractivity contribution in [3.8, 4) is 11.3 Å². The van der Waals surface area contributed by atoms with Crippen molar-refractivity contribution in [2.24, 2.45) is 0 Å². The zero-order valence-electron chi connectivity index (χ0n) is 14.1. The van der Waals surface area contributed by atoms with Gasteiger partial charge in [0.1, 0.15) is 0 Å². The Labute approximate surface area is 149 Å². The zero-order valence-corrected chi connectivity index (χ0v) is 14.9. The van der Waals surface area contributed by atoms with Crippen LogP contribution in [0.1, 0.15) is 35.0 Å². The highest BCUT2D eigenvalue weighted by Gasteiger charge is 2.28. The first-order chi connectivity index (χ1) is 12.2. The summed E-state index contributed by atoms with van der Waals surface area (Å²) in [6.07, 6.45) is 4.29. The fourth-order valence-electron chi connectivity index (χ4n) is 3.41. The van der Waals surface area contributed by atoms with E-state index in [1.807, 2.05) is 35.4 Å². The quantitative estimate of drug-likeness (QED) is 0.777. The topological polar surface area (TPSA) is 75.0 Å². The van der Waals surface area contributed by atoms with E-state index in [0.717, 1.165) is 47.0 Å². The summed E-state index contributed by atoms with van der Waals surface area (Å²) in [4.78, 5) is 15.7. The summed E-state index contributed by atoms with van der Waals surface area (Å²) in [5, 5.41) is 13.3. The fourth-order valence-corrected chi connectivity index (χ4v) is 4.10. The number of nitrogens with zero attached hydrogens (tertiary/aromatic N) is 3. The lowest BCUT2D eigenvalue weighted by Crippen LogP contribution is -2.40. The molecule has 3 aromatic heterocycles. The maximum Gasteiger partial charge on any atom is 0.227 e. The third-order valence-electron chi connectivity index (χ3n) is 4.65. The Kier molecular flexibility index (Phi) is 4.40. The summed E-state index contributed by atoms with van der Waals surface area (Å²) in [5.74, 6) is 1.16. The Morgan fingerprint density at radius 2 is 2.44 bits per heavy atom. The molecule has 0 saturated carbocycles. The fraction of sp³-hybridized carbons (Fsp3) is 0.389. The minimum Gasteiger partial charge on any atom is -0.356 e. The molecule has 130 valence electrons. The number of piperidine rings is 1. The van der Waals surface area contributed by atoms with E-state index < -0.39 is 0 Å². The second kappa shape index (κ2) is 6.84. The van der Waals surface area contributed by atoms with Crippen LogP contribution in [0.5, 0.6) is 0 Å². The monoisotopic (exact) mass is 356 g/mol. The molecule has 0 aliphatic carbocycles. The van der Waals surface area contributed by atoms with Crippen LogP contribution >= 0.6 is 11.3 Å². The SMILES string of the molecule is Cc1cc(-c2cn[nH]c2[C@H]2CCCN(C(=O)Cc3cccs3)C2)on1. The zero-order chi connectivity index (χ0) is 17.2. The molecular weight excluding hydrogens is 336 g/mol. The predicted octanol–water partition coefficient (Wildman–Crippen LogP) is 3.38. The van der Waals surface area contributed by atoms with Crippen LogP contribution in [0.4, 0.5) is 0 Å². The van der Waals surface area contributed by atoms with Crippen molar-refractivity contribution < 1.29 is 9.32 Å². The summed E-state index contributed by atoms with van der Waals surface area (Å²) >= 11 is 1.63. The number of aromatic amines is 1. The molecule has 4 heterocycles. The smallest absolute Gasteiger partial charge is 0.227 e. The van der Waals surface area contributed by atoms with E-state index in [1.54, 1.807) is 17.5 Å². The van der Waals surface area contributed by atoms with Crippen molar-refractivity contribution in [3.05, 3.63) is 46.0 Å². The van der Waals surface area contributed by atoms with Gasteiger partial charge in [-0.15, -0.1) is 11.3 Å². The van der Waals surface area contributed by atoms with Gasteiger partial charge in [0, 0.05) is 30.0 Å². The highest BCUT2D eigenvalue weighted by Crippen LogP contribution is 2.33. The highest BCUT2D eigenvalue weighted by atomic mass is 32.1. The first kappa shape index (κ1) is 16.1. The number of hydrogen-bond donors (Lipinski definition) is 1. The van der Waals surface area contributed by atoms with Gasteiger partial charge < -0.3 is 9.42 Å². The molecule has 1 fully saturated rings. The number of thiophene rings is 1. The molecule has 1 aliphatic heterocycles. The molecule has 1 N–H and O–H groups in total. The van der Waals surface area contributed by atoms with Crippen molar-refractivity contribution >= 4 is 17.2 Å². The number of hydrogen-bond acceptors (Lipinski definition) is 5. The van der Waals surface area contributed by atoms with Gasteiger partial charge in [-0.2, -0.15) is 5.10 Å². The Morgan fingerprint density at radius 3 is 3.20 bits per heavy atom. The van der Waals surface area contributed by atoms with Crippen molar-refractivity contribution in [1.82, 2.24) is 20.3 Å². The molecule has 3 aromatic rings. The van der Waals surface area contributed by atoms with Crippen LogP contribution in [0.15, 0.2) is 34.3 Å².